The molecular formula is C45H44N2O6. The van der Waals surface area contributed by atoms with E-state index >= 15 is 0 Å². The minimum absolute atomic E-state index is 0.0695. The number of anilines is 2. The number of carbonyl (C=O) groups is 3. The van der Waals surface area contributed by atoms with Crippen molar-refractivity contribution >= 4 is 29.2 Å². The summed E-state index contributed by atoms with van der Waals surface area (Å²) < 4.78 is 16.3. The number of benzene rings is 5. The Hall–Kier alpha value is -5.89. The lowest BCUT2D eigenvalue weighted by molar-refractivity contribution is -0.117. The van der Waals surface area contributed by atoms with Crippen molar-refractivity contribution in [1.29, 1.82) is 0 Å². The van der Waals surface area contributed by atoms with Gasteiger partial charge in [0.1, 0.15) is 17.1 Å². The molecule has 0 fully saturated rings. The SMILES string of the molecule is COC(=O)c1ccc(CCc2cccc3c2NCC3)c(C)c1OC(=O)c1ccc(CCc2cccc3c2N(C(=O)Cc2cccc(OC)c2)CC3)cc1. The van der Waals surface area contributed by atoms with Gasteiger partial charge in [0, 0.05) is 18.8 Å². The zero-order valence-corrected chi connectivity index (χ0v) is 30.5. The lowest BCUT2D eigenvalue weighted by Crippen LogP contribution is -2.31. The Bertz CT molecular complexity index is 2170. The average Bonchev–Trinajstić information content (AvgIpc) is 3.86. The van der Waals surface area contributed by atoms with E-state index in [4.69, 9.17) is 14.2 Å². The highest BCUT2D eigenvalue weighted by Gasteiger charge is 2.27. The Kier molecular flexibility index (Phi) is 10.6. The molecule has 1 amide bonds. The van der Waals surface area contributed by atoms with Crippen LogP contribution in [0.25, 0.3) is 0 Å². The van der Waals surface area contributed by atoms with Crippen LogP contribution in [0.2, 0.25) is 0 Å². The van der Waals surface area contributed by atoms with Crippen molar-refractivity contribution < 1.29 is 28.6 Å². The summed E-state index contributed by atoms with van der Waals surface area (Å²) in [7, 11) is 2.95. The van der Waals surface area contributed by atoms with Crippen molar-refractivity contribution in [2.45, 2.75) is 51.9 Å². The van der Waals surface area contributed by atoms with Crippen molar-refractivity contribution in [1.82, 2.24) is 0 Å². The minimum Gasteiger partial charge on any atom is -0.497 e. The molecular weight excluding hydrogens is 665 g/mol. The van der Waals surface area contributed by atoms with Gasteiger partial charge in [-0.05, 0) is 120 Å². The fourth-order valence-electron chi connectivity index (χ4n) is 7.57. The van der Waals surface area contributed by atoms with Gasteiger partial charge in [0.25, 0.3) is 0 Å². The maximum Gasteiger partial charge on any atom is 0.343 e. The Balaban J connectivity index is 1.02. The highest BCUT2D eigenvalue weighted by atomic mass is 16.5. The number of aryl methyl sites for hydroxylation is 4. The normalized spacial score (nSPS) is 12.8. The van der Waals surface area contributed by atoms with Gasteiger partial charge in [0.2, 0.25) is 5.91 Å². The number of ether oxygens (including phenoxy) is 3. The first-order chi connectivity index (χ1) is 25.8. The van der Waals surface area contributed by atoms with Crippen LogP contribution in [0, 0.1) is 6.92 Å². The Morgan fingerprint density at radius 1 is 0.717 bits per heavy atom. The second kappa shape index (κ2) is 15.8. The Morgan fingerprint density at radius 3 is 2.25 bits per heavy atom. The molecule has 5 aromatic carbocycles. The van der Waals surface area contributed by atoms with Gasteiger partial charge in [-0.1, -0.05) is 66.7 Å². The zero-order chi connectivity index (χ0) is 36.9. The van der Waals surface area contributed by atoms with E-state index in [0.29, 0.717) is 18.5 Å². The van der Waals surface area contributed by atoms with Crippen LogP contribution >= 0.6 is 0 Å². The number of nitrogens with one attached hydrogen (secondary N) is 1. The van der Waals surface area contributed by atoms with Gasteiger partial charge >= 0.3 is 11.9 Å². The summed E-state index contributed by atoms with van der Waals surface area (Å²) in [6.45, 7) is 3.50. The molecule has 1 N–H and O–H groups in total. The molecule has 0 spiro atoms. The van der Waals surface area contributed by atoms with Crippen LogP contribution in [-0.4, -0.2) is 45.2 Å². The third kappa shape index (κ3) is 7.68. The number of esters is 2. The van der Waals surface area contributed by atoms with Crippen LogP contribution in [0.15, 0.2) is 97.1 Å². The molecule has 0 saturated heterocycles. The maximum atomic E-state index is 13.5. The molecule has 5 aromatic rings. The van der Waals surface area contributed by atoms with E-state index in [-0.39, 0.29) is 17.2 Å². The first-order valence-electron chi connectivity index (χ1n) is 18.2. The second-order valence-corrected chi connectivity index (χ2v) is 13.7. The lowest BCUT2D eigenvalue weighted by Gasteiger charge is -2.21. The quantitative estimate of drug-likeness (QED) is 0.105. The van der Waals surface area contributed by atoms with Crippen LogP contribution < -0.4 is 19.7 Å². The molecule has 8 heteroatoms. The number of para-hydroxylation sites is 2. The van der Waals surface area contributed by atoms with Crippen LogP contribution in [0.5, 0.6) is 11.5 Å². The maximum absolute atomic E-state index is 13.5. The molecule has 0 bridgehead atoms. The van der Waals surface area contributed by atoms with Crippen molar-refractivity contribution in [2.24, 2.45) is 0 Å². The molecule has 8 nitrogen and oxygen atoms in total. The smallest absolute Gasteiger partial charge is 0.343 e. The van der Waals surface area contributed by atoms with Crippen LogP contribution in [-0.2, 0) is 54.5 Å². The molecule has 53 heavy (non-hydrogen) atoms. The molecule has 0 saturated carbocycles. The molecule has 2 heterocycles. The third-order valence-electron chi connectivity index (χ3n) is 10.5. The van der Waals surface area contributed by atoms with E-state index in [2.05, 4.69) is 41.7 Å². The molecule has 7 rings (SSSR count). The highest BCUT2D eigenvalue weighted by Crippen LogP contribution is 2.34. The van der Waals surface area contributed by atoms with E-state index in [1.165, 1.54) is 29.5 Å². The molecule has 0 aromatic heterocycles. The summed E-state index contributed by atoms with van der Waals surface area (Å²) >= 11 is 0. The predicted molar refractivity (Wildman–Crippen MR) is 207 cm³/mol. The number of hydrogen-bond donors (Lipinski definition) is 1. The molecule has 0 unspecified atom stereocenters. The van der Waals surface area contributed by atoms with Gasteiger partial charge < -0.3 is 24.4 Å². The fourth-order valence-corrected chi connectivity index (χ4v) is 7.57. The Morgan fingerprint density at radius 2 is 1.45 bits per heavy atom. The van der Waals surface area contributed by atoms with Gasteiger partial charge in [-0.2, -0.15) is 0 Å². The fraction of sp³-hybridized carbons (Fsp3) is 0.267. The lowest BCUT2D eigenvalue weighted by atomic mass is 9.96. The monoisotopic (exact) mass is 708 g/mol. The van der Waals surface area contributed by atoms with E-state index in [1.807, 2.05) is 54.3 Å². The Labute approximate surface area is 310 Å². The average molecular weight is 709 g/mol. The number of rotatable bonds is 12. The van der Waals surface area contributed by atoms with E-state index < -0.39 is 11.9 Å². The topological polar surface area (TPSA) is 94.2 Å². The second-order valence-electron chi connectivity index (χ2n) is 13.7. The van der Waals surface area contributed by atoms with Crippen LogP contribution in [0.3, 0.4) is 0 Å². The zero-order valence-electron chi connectivity index (χ0n) is 30.5. The van der Waals surface area contributed by atoms with Gasteiger partial charge in [0.15, 0.2) is 0 Å². The summed E-state index contributed by atoms with van der Waals surface area (Å²) in [5, 5.41) is 3.50. The highest BCUT2D eigenvalue weighted by molar-refractivity contribution is 5.98. The summed E-state index contributed by atoms with van der Waals surface area (Å²) in [5.74, 6) is -0.0699. The van der Waals surface area contributed by atoms with Gasteiger partial charge in [-0.15, -0.1) is 0 Å². The van der Waals surface area contributed by atoms with Gasteiger partial charge in [-0.3, -0.25) is 4.79 Å². The minimum atomic E-state index is -0.559. The van der Waals surface area contributed by atoms with Crippen molar-refractivity contribution in [3.63, 3.8) is 0 Å². The predicted octanol–water partition coefficient (Wildman–Crippen LogP) is 7.68. The van der Waals surface area contributed by atoms with E-state index in [9.17, 15) is 14.4 Å². The summed E-state index contributed by atoms with van der Waals surface area (Å²) in [4.78, 5) is 41.7. The van der Waals surface area contributed by atoms with Gasteiger partial charge in [-0.25, -0.2) is 9.59 Å². The largest absolute Gasteiger partial charge is 0.497 e. The number of methoxy groups -OCH3 is 2. The molecule has 0 atom stereocenters. The van der Waals surface area contributed by atoms with Crippen LogP contribution in [0.1, 0.15) is 65.2 Å². The van der Waals surface area contributed by atoms with Crippen LogP contribution in [0.4, 0.5) is 11.4 Å². The molecule has 2 aliphatic heterocycles. The van der Waals surface area contributed by atoms with Crippen molar-refractivity contribution in [3.8, 4) is 11.5 Å². The molecule has 0 aliphatic carbocycles. The number of nitrogens with zero attached hydrogens (tertiary/aromatic N) is 1. The standard InChI is InChI=1S/C45H44N2O6/c1-29-32(19-20-33-8-5-9-34-23-25-46-41(33)34)21-22-39(45(50)52-3)43(29)53-44(49)37-17-14-30(15-18-37)13-16-35-10-6-11-36-24-26-47(42(35)36)40(48)28-31-7-4-12-38(27-31)51-2/h4-12,14-15,17-18,21-22,27,46H,13,16,19-20,23-26,28H2,1-3H3. The van der Waals surface area contributed by atoms with Crippen molar-refractivity contribution in [3.05, 3.63) is 153 Å². The number of hydrogen-bond acceptors (Lipinski definition) is 7. The number of carbonyl (C=O) groups excluding carboxylic acids is 3. The first-order valence-corrected chi connectivity index (χ1v) is 18.2. The number of fused-ring (bicyclic) bond motifs is 2. The summed E-state index contributed by atoms with van der Waals surface area (Å²) in [5.41, 5.74) is 11.5. The summed E-state index contributed by atoms with van der Waals surface area (Å²) in [6, 6.07) is 31.3. The molecule has 2 aliphatic rings. The van der Waals surface area contributed by atoms with E-state index in [0.717, 1.165) is 84.3 Å². The summed E-state index contributed by atoms with van der Waals surface area (Å²) in [6.07, 6.45) is 5.18. The van der Waals surface area contributed by atoms with E-state index in [1.54, 1.807) is 25.3 Å². The number of amides is 1. The third-order valence-corrected chi connectivity index (χ3v) is 10.5. The molecule has 0 radical (unpaired) electrons. The van der Waals surface area contributed by atoms with Crippen molar-refractivity contribution in [2.75, 3.05) is 37.5 Å². The first kappa shape index (κ1) is 35.5. The van der Waals surface area contributed by atoms with Gasteiger partial charge in [0.05, 0.1) is 31.9 Å². The molecule has 270 valence electrons.